The molecule has 0 aliphatic carbocycles. The molecule has 1 amide bonds. The molecule has 0 aromatic heterocycles. The van der Waals surface area contributed by atoms with Crippen LogP contribution < -0.4 is 5.32 Å². The average Bonchev–Trinajstić information content (AvgIpc) is 2.53. The van der Waals surface area contributed by atoms with Crippen LogP contribution in [-0.4, -0.2) is 48.8 Å². The van der Waals surface area contributed by atoms with Crippen LogP contribution >= 0.6 is 0 Å². The summed E-state index contributed by atoms with van der Waals surface area (Å²) >= 11 is 0. The van der Waals surface area contributed by atoms with E-state index < -0.39 is 0 Å². The zero-order valence-corrected chi connectivity index (χ0v) is 13.4. The fourth-order valence-electron chi connectivity index (χ4n) is 2.89. The van der Waals surface area contributed by atoms with E-state index in [0.717, 1.165) is 31.5 Å². The number of nitrogens with zero attached hydrogens (tertiary/aromatic N) is 1. The van der Waals surface area contributed by atoms with Gasteiger partial charge in [0.05, 0.1) is 13.0 Å². The van der Waals surface area contributed by atoms with Crippen LogP contribution in [0.5, 0.6) is 5.75 Å². The quantitative estimate of drug-likeness (QED) is 0.844. The van der Waals surface area contributed by atoms with Gasteiger partial charge in [-0.3, -0.25) is 4.79 Å². The summed E-state index contributed by atoms with van der Waals surface area (Å²) in [5.41, 5.74) is 1.08. The van der Waals surface area contributed by atoms with E-state index in [-0.39, 0.29) is 11.9 Å². The summed E-state index contributed by atoms with van der Waals surface area (Å²) < 4.78 is 4.96. The van der Waals surface area contributed by atoms with Gasteiger partial charge in [-0.25, -0.2) is 0 Å². The first-order chi connectivity index (χ1) is 10.6. The number of phenolic OH excluding ortho intramolecular Hbond substituents is 1. The second-order valence-corrected chi connectivity index (χ2v) is 5.88. The topological polar surface area (TPSA) is 61.8 Å². The summed E-state index contributed by atoms with van der Waals surface area (Å²) in [6, 6.07) is 7.94. The molecule has 0 spiro atoms. The minimum Gasteiger partial charge on any atom is -0.508 e. The van der Waals surface area contributed by atoms with Gasteiger partial charge in [0.15, 0.2) is 0 Å². The number of likely N-dealkylation sites (tertiary alicyclic amines) is 1. The minimum absolute atomic E-state index is 0.182. The van der Waals surface area contributed by atoms with Gasteiger partial charge in [-0.15, -0.1) is 0 Å². The molecule has 22 heavy (non-hydrogen) atoms. The number of methoxy groups -OCH3 is 1. The Bertz CT molecular complexity index is 485. The molecule has 1 aromatic rings. The Labute approximate surface area is 132 Å². The second-order valence-electron chi connectivity index (χ2n) is 5.88. The lowest BCUT2D eigenvalue weighted by Crippen LogP contribution is -2.45. The highest BCUT2D eigenvalue weighted by atomic mass is 16.5. The summed E-state index contributed by atoms with van der Waals surface area (Å²) in [5.74, 6) is 0.478. The third kappa shape index (κ3) is 4.71. The number of amides is 1. The number of rotatable bonds is 6. The third-order valence-corrected chi connectivity index (χ3v) is 4.22. The van der Waals surface area contributed by atoms with Crippen molar-refractivity contribution < 1.29 is 14.6 Å². The van der Waals surface area contributed by atoms with Crippen molar-refractivity contribution >= 4 is 5.91 Å². The predicted octanol–water partition coefficient (Wildman–Crippen LogP) is 2.07. The molecular weight excluding hydrogens is 280 g/mol. The average molecular weight is 306 g/mol. The number of benzene rings is 1. The first-order valence-corrected chi connectivity index (χ1v) is 7.92. The molecule has 1 heterocycles. The Morgan fingerprint density at radius 1 is 1.45 bits per heavy atom. The minimum atomic E-state index is 0.182. The van der Waals surface area contributed by atoms with Crippen molar-refractivity contribution in [3.63, 3.8) is 0 Å². The zero-order valence-electron chi connectivity index (χ0n) is 13.4. The predicted molar refractivity (Wildman–Crippen MR) is 85.8 cm³/mol. The van der Waals surface area contributed by atoms with Gasteiger partial charge in [0.2, 0.25) is 5.91 Å². The highest BCUT2D eigenvalue weighted by Gasteiger charge is 2.23. The molecule has 2 rings (SSSR count). The number of piperidine rings is 1. The Kier molecular flexibility index (Phi) is 6.21. The van der Waals surface area contributed by atoms with E-state index in [1.165, 1.54) is 0 Å². The molecule has 5 nitrogen and oxygen atoms in total. The van der Waals surface area contributed by atoms with Crippen molar-refractivity contribution in [3.8, 4) is 5.75 Å². The fraction of sp³-hybridized carbons (Fsp3) is 0.588. The van der Waals surface area contributed by atoms with Gasteiger partial charge < -0.3 is 20.1 Å². The van der Waals surface area contributed by atoms with Gasteiger partial charge in [-0.1, -0.05) is 12.1 Å². The number of nitrogens with one attached hydrogen (secondary N) is 1. The lowest BCUT2D eigenvalue weighted by molar-refractivity contribution is -0.133. The summed E-state index contributed by atoms with van der Waals surface area (Å²) in [6.07, 6.45) is 2.39. The molecule has 0 bridgehead atoms. The van der Waals surface area contributed by atoms with E-state index in [0.29, 0.717) is 24.8 Å². The van der Waals surface area contributed by atoms with Crippen molar-refractivity contribution in [2.24, 2.45) is 0 Å². The van der Waals surface area contributed by atoms with Crippen LogP contribution in [0.2, 0.25) is 0 Å². The molecule has 1 saturated heterocycles. The standard InChI is InChI=1S/C17H26N2O3/c1-13(14-4-3-5-16(20)12-14)18-15-6-9-19(10-7-15)17(21)8-11-22-2/h3-5,12-13,15,18,20H,6-11H2,1-2H3/t13-/m0/s1. The van der Waals surface area contributed by atoms with Gasteiger partial charge in [0.1, 0.15) is 5.75 Å². The lowest BCUT2D eigenvalue weighted by Gasteiger charge is -2.34. The number of aromatic hydroxyl groups is 1. The number of hydrogen-bond acceptors (Lipinski definition) is 4. The summed E-state index contributed by atoms with van der Waals surface area (Å²) in [7, 11) is 1.62. The largest absolute Gasteiger partial charge is 0.508 e. The lowest BCUT2D eigenvalue weighted by atomic mass is 10.0. The van der Waals surface area contributed by atoms with Crippen LogP contribution in [0.15, 0.2) is 24.3 Å². The highest BCUT2D eigenvalue weighted by Crippen LogP contribution is 2.20. The molecule has 1 aromatic carbocycles. The molecule has 0 radical (unpaired) electrons. The van der Waals surface area contributed by atoms with Crippen molar-refractivity contribution in [3.05, 3.63) is 29.8 Å². The van der Waals surface area contributed by atoms with Crippen molar-refractivity contribution in [1.82, 2.24) is 10.2 Å². The Morgan fingerprint density at radius 3 is 2.82 bits per heavy atom. The maximum Gasteiger partial charge on any atom is 0.224 e. The number of carbonyl (C=O) groups excluding carboxylic acids is 1. The smallest absolute Gasteiger partial charge is 0.224 e. The SMILES string of the molecule is COCCC(=O)N1CCC(N[C@@H](C)c2cccc(O)c2)CC1. The molecule has 1 aliphatic rings. The van der Waals surface area contributed by atoms with Crippen molar-refractivity contribution in [2.45, 2.75) is 38.3 Å². The van der Waals surface area contributed by atoms with Gasteiger partial charge >= 0.3 is 0 Å². The molecule has 5 heteroatoms. The van der Waals surface area contributed by atoms with Gasteiger partial charge in [-0.2, -0.15) is 0 Å². The Morgan fingerprint density at radius 2 is 2.18 bits per heavy atom. The molecule has 122 valence electrons. The highest BCUT2D eigenvalue weighted by molar-refractivity contribution is 5.76. The van der Waals surface area contributed by atoms with E-state index in [2.05, 4.69) is 12.2 Å². The Balaban J connectivity index is 1.78. The normalized spacial score (nSPS) is 17.5. The summed E-state index contributed by atoms with van der Waals surface area (Å²) in [5, 5.41) is 13.1. The van der Waals surface area contributed by atoms with Crippen LogP contribution in [0.25, 0.3) is 0 Å². The maximum atomic E-state index is 11.9. The number of carbonyl (C=O) groups is 1. The molecule has 0 saturated carbocycles. The van der Waals surface area contributed by atoms with E-state index in [9.17, 15) is 9.90 Å². The summed E-state index contributed by atoms with van der Waals surface area (Å²) in [6.45, 7) is 4.19. The first-order valence-electron chi connectivity index (χ1n) is 7.92. The van der Waals surface area contributed by atoms with Crippen LogP contribution in [0, 0.1) is 0 Å². The number of hydrogen-bond donors (Lipinski definition) is 2. The number of ether oxygens (including phenoxy) is 1. The van der Waals surface area contributed by atoms with Crippen LogP contribution in [0.1, 0.15) is 37.8 Å². The fourth-order valence-corrected chi connectivity index (χ4v) is 2.89. The van der Waals surface area contributed by atoms with Crippen LogP contribution in [0.4, 0.5) is 0 Å². The van der Waals surface area contributed by atoms with Crippen molar-refractivity contribution in [1.29, 1.82) is 0 Å². The third-order valence-electron chi connectivity index (χ3n) is 4.22. The van der Waals surface area contributed by atoms with E-state index in [1.54, 1.807) is 19.2 Å². The van der Waals surface area contributed by atoms with Gasteiger partial charge in [0.25, 0.3) is 0 Å². The molecule has 1 atom stereocenters. The zero-order chi connectivity index (χ0) is 15.9. The van der Waals surface area contributed by atoms with E-state index in [4.69, 9.17) is 4.74 Å². The second kappa shape index (κ2) is 8.15. The van der Waals surface area contributed by atoms with Crippen LogP contribution in [0.3, 0.4) is 0 Å². The van der Waals surface area contributed by atoms with Gasteiger partial charge in [0, 0.05) is 32.3 Å². The maximum absolute atomic E-state index is 11.9. The molecule has 2 N–H and O–H groups in total. The van der Waals surface area contributed by atoms with E-state index >= 15 is 0 Å². The molecule has 1 aliphatic heterocycles. The molecule has 1 fully saturated rings. The number of phenols is 1. The molecular formula is C17H26N2O3. The van der Waals surface area contributed by atoms with Crippen molar-refractivity contribution in [2.75, 3.05) is 26.8 Å². The van der Waals surface area contributed by atoms with E-state index in [1.807, 2.05) is 17.0 Å². The molecule has 0 unspecified atom stereocenters. The van der Waals surface area contributed by atoms with Crippen LogP contribution in [-0.2, 0) is 9.53 Å². The Hall–Kier alpha value is -1.59. The first kappa shape index (κ1) is 16.8. The van der Waals surface area contributed by atoms with Gasteiger partial charge in [-0.05, 0) is 37.5 Å². The monoisotopic (exact) mass is 306 g/mol. The summed E-state index contributed by atoms with van der Waals surface area (Å²) in [4.78, 5) is 13.9.